The normalized spacial score (nSPS) is 13.4. The van der Waals surface area contributed by atoms with Gasteiger partial charge in [-0.2, -0.15) is 18.3 Å². The maximum Gasteiger partial charge on any atom is 0.416 e. The van der Waals surface area contributed by atoms with Crippen LogP contribution >= 0.6 is 23.2 Å². The Morgan fingerprint density at radius 1 is 1.34 bits per heavy atom. The number of halogens is 5. The maximum absolute atomic E-state index is 13.0. The molecular formula is C15H14Cl2F3N5O3S. The summed E-state index contributed by atoms with van der Waals surface area (Å²) in [7, 11) is -1.71. The van der Waals surface area contributed by atoms with Crippen molar-refractivity contribution < 1.29 is 27.0 Å². The summed E-state index contributed by atoms with van der Waals surface area (Å²) in [6.45, 7) is 2.67. The van der Waals surface area contributed by atoms with E-state index in [9.17, 15) is 22.2 Å². The highest BCUT2D eigenvalue weighted by Gasteiger charge is 2.33. The van der Waals surface area contributed by atoms with Crippen LogP contribution in [0.15, 0.2) is 22.2 Å². The van der Waals surface area contributed by atoms with Crippen LogP contribution in [-0.2, 0) is 26.6 Å². The molecule has 8 nitrogen and oxygen atoms in total. The van der Waals surface area contributed by atoms with Crippen molar-refractivity contribution in [3.8, 4) is 5.69 Å². The summed E-state index contributed by atoms with van der Waals surface area (Å²) in [4.78, 5) is 15.3. The number of rotatable bonds is 5. The fourth-order valence-corrected chi connectivity index (χ4v) is 3.83. The van der Waals surface area contributed by atoms with Crippen LogP contribution in [0.3, 0.4) is 0 Å². The Kier molecular flexibility index (Phi) is 6.81. The monoisotopic (exact) mass is 471 g/mol. The van der Waals surface area contributed by atoms with Gasteiger partial charge in [-0.05, 0) is 12.1 Å². The van der Waals surface area contributed by atoms with E-state index in [2.05, 4.69) is 15.1 Å². The topological polar surface area (TPSA) is 126 Å². The van der Waals surface area contributed by atoms with Gasteiger partial charge in [-0.25, -0.2) is 9.48 Å². The van der Waals surface area contributed by atoms with E-state index >= 15 is 0 Å². The van der Waals surface area contributed by atoms with Gasteiger partial charge in [0.2, 0.25) is 0 Å². The molecule has 0 amide bonds. The molecule has 4 N–H and O–H groups in total. The van der Waals surface area contributed by atoms with Crippen LogP contribution < -0.4 is 11.5 Å². The molecule has 2 aromatic rings. The van der Waals surface area contributed by atoms with Crippen molar-refractivity contribution in [1.29, 1.82) is 0 Å². The number of oxime groups is 1. The Hall–Kier alpha value is -2.31. The molecule has 0 saturated heterocycles. The second-order valence-corrected chi connectivity index (χ2v) is 7.95. The van der Waals surface area contributed by atoms with E-state index in [0.29, 0.717) is 12.1 Å². The second-order valence-electron chi connectivity index (χ2n) is 5.45. The number of aromatic nitrogens is 2. The summed E-state index contributed by atoms with van der Waals surface area (Å²) in [5, 5.41) is 6.60. The molecule has 1 aromatic carbocycles. The molecule has 158 valence electrons. The fourth-order valence-electron chi connectivity index (χ4n) is 2.21. The van der Waals surface area contributed by atoms with E-state index in [1.807, 2.05) is 0 Å². The molecule has 0 fully saturated rings. The fraction of sp³-hybridized carbons (Fsp3) is 0.267. The van der Waals surface area contributed by atoms with Crippen LogP contribution in [0.2, 0.25) is 10.0 Å². The van der Waals surface area contributed by atoms with E-state index in [1.165, 1.54) is 0 Å². The van der Waals surface area contributed by atoms with Crippen molar-refractivity contribution in [1.82, 2.24) is 9.78 Å². The highest BCUT2D eigenvalue weighted by atomic mass is 35.5. The SMILES string of the molecule is CCS(=O)c1c(C(N)=NOC(C)=O)nn(-c2c(Cl)cc(C(F)(F)F)cc2Cl)c1N. The molecule has 14 heteroatoms. The van der Waals surface area contributed by atoms with Gasteiger partial charge in [0.15, 0.2) is 5.84 Å². The van der Waals surface area contributed by atoms with Gasteiger partial charge in [-0.15, -0.1) is 0 Å². The summed E-state index contributed by atoms with van der Waals surface area (Å²) in [6.07, 6.45) is -4.68. The zero-order valence-corrected chi connectivity index (χ0v) is 17.2. The molecule has 1 atom stereocenters. The Morgan fingerprint density at radius 2 is 1.90 bits per heavy atom. The summed E-state index contributed by atoms with van der Waals surface area (Å²) >= 11 is 12.0. The van der Waals surface area contributed by atoms with Gasteiger partial charge in [0, 0.05) is 12.7 Å². The van der Waals surface area contributed by atoms with Crippen LogP contribution in [0.1, 0.15) is 25.1 Å². The molecule has 0 radical (unpaired) electrons. The van der Waals surface area contributed by atoms with E-state index in [0.717, 1.165) is 11.6 Å². The zero-order chi connectivity index (χ0) is 22.1. The van der Waals surface area contributed by atoms with Gasteiger partial charge in [0.1, 0.15) is 22.1 Å². The number of hydrogen-bond donors (Lipinski definition) is 2. The largest absolute Gasteiger partial charge is 0.416 e. The third-order valence-electron chi connectivity index (χ3n) is 3.44. The molecule has 1 unspecified atom stereocenters. The Morgan fingerprint density at radius 3 is 2.34 bits per heavy atom. The van der Waals surface area contributed by atoms with Gasteiger partial charge in [-0.1, -0.05) is 35.3 Å². The minimum atomic E-state index is -4.68. The average Bonchev–Trinajstić information content (AvgIpc) is 2.95. The molecule has 0 saturated carbocycles. The van der Waals surface area contributed by atoms with E-state index in [1.54, 1.807) is 6.92 Å². The van der Waals surface area contributed by atoms with Crippen molar-refractivity contribution in [2.45, 2.75) is 24.9 Å². The summed E-state index contributed by atoms with van der Waals surface area (Å²) in [5.41, 5.74) is 10.3. The number of nitrogen functional groups attached to an aromatic ring is 1. The number of nitrogens with two attached hydrogens (primary N) is 2. The molecule has 0 bridgehead atoms. The predicted molar refractivity (Wildman–Crippen MR) is 102 cm³/mol. The Labute approximate surface area is 175 Å². The first kappa shape index (κ1) is 23.0. The minimum absolute atomic E-state index is 0.0621. The van der Waals surface area contributed by atoms with Crippen molar-refractivity contribution in [2.75, 3.05) is 11.5 Å². The van der Waals surface area contributed by atoms with Crippen molar-refractivity contribution in [3.63, 3.8) is 0 Å². The van der Waals surface area contributed by atoms with E-state index < -0.39 is 44.4 Å². The van der Waals surface area contributed by atoms with E-state index in [4.69, 9.17) is 34.7 Å². The quantitative estimate of drug-likeness (QED) is 0.298. The van der Waals surface area contributed by atoms with Crippen molar-refractivity contribution in [3.05, 3.63) is 33.4 Å². The molecule has 0 spiro atoms. The number of anilines is 1. The number of carbonyl (C=O) groups is 1. The molecule has 29 heavy (non-hydrogen) atoms. The van der Waals surface area contributed by atoms with Crippen LogP contribution in [0.4, 0.5) is 19.0 Å². The lowest BCUT2D eigenvalue weighted by molar-refractivity contribution is -0.141. The van der Waals surface area contributed by atoms with Gasteiger partial charge in [0.25, 0.3) is 0 Å². The molecule has 1 aromatic heterocycles. The molecule has 2 rings (SSSR count). The van der Waals surface area contributed by atoms with Crippen LogP contribution in [-0.4, -0.2) is 31.5 Å². The second kappa shape index (κ2) is 8.59. The highest BCUT2D eigenvalue weighted by molar-refractivity contribution is 7.85. The Bertz CT molecular complexity index is 1000. The van der Waals surface area contributed by atoms with Gasteiger partial charge in [0.05, 0.1) is 26.4 Å². The third-order valence-corrected chi connectivity index (χ3v) is 5.40. The number of amidine groups is 1. The number of hydrogen-bond acceptors (Lipinski definition) is 6. The summed E-state index contributed by atoms with van der Waals surface area (Å²) in [6, 6.07) is 1.30. The smallest absolute Gasteiger partial charge is 0.383 e. The van der Waals surface area contributed by atoms with Crippen LogP contribution in [0.5, 0.6) is 0 Å². The predicted octanol–water partition coefficient (Wildman–Crippen LogP) is 3.09. The van der Waals surface area contributed by atoms with E-state index in [-0.39, 0.29) is 27.8 Å². The molecule has 0 aliphatic rings. The average molecular weight is 472 g/mol. The maximum atomic E-state index is 13.0. The zero-order valence-electron chi connectivity index (χ0n) is 14.9. The van der Waals surface area contributed by atoms with Crippen LogP contribution in [0, 0.1) is 0 Å². The molecule has 0 aliphatic heterocycles. The van der Waals surface area contributed by atoms with Gasteiger partial charge < -0.3 is 16.3 Å². The summed E-state index contributed by atoms with van der Waals surface area (Å²) < 4.78 is 52.2. The lowest BCUT2D eigenvalue weighted by Crippen LogP contribution is -2.18. The van der Waals surface area contributed by atoms with Crippen LogP contribution in [0.25, 0.3) is 5.69 Å². The molecule has 0 aliphatic carbocycles. The minimum Gasteiger partial charge on any atom is -0.383 e. The number of carbonyl (C=O) groups excluding carboxylic acids is 1. The van der Waals surface area contributed by atoms with Crippen molar-refractivity contribution in [2.24, 2.45) is 10.9 Å². The highest BCUT2D eigenvalue weighted by Crippen LogP contribution is 2.39. The van der Waals surface area contributed by atoms with Gasteiger partial charge >= 0.3 is 12.1 Å². The molecular weight excluding hydrogens is 458 g/mol. The first-order chi connectivity index (χ1) is 13.4. The first-order valence-electron chi connectivity index (χ1n) is 7.73. The third kappa shape index (κ3) is 4.82. The number of benzene rings is 1. The number of nitrogens with zero attached hydrogens (tertiary/aromatic N) is 3. The number of alkyl halides is 3. The van der Waals surface area contributed by atoms with Gasteiger partial charge in [-0.3, -0.25) is 4.21 Å². The molecule has 1 heterocycles. The standard InChI is InChI=1S/C15H14Cl2F3N5O3S/c1-3-29(27)12-10(13(21)24-28-6(2)26)23-25(14(12)22)11-8(16)4-7(5-9(11)17)15(18,19)20/h4-5H,3,22H2,1-2H3,(H2,21,24). The lowest BCUT2D eigenvalue weighted by atomic mass is 10.2. The summed E-state index contributed by atoms with van der Waals surface area (Å²) in [5.74, 6) is -1.32. The first-order valence-corrected chi connectivity index (χ1v) is 9.80. The Balaban J connectivity index is 2.74. The lowest BCUT2D eigenvalue weighted by Gasteiger charge is -2.13. The van der Waals surface area contributed by atoms with Crippen molar-refractivity contribution >= 4 is 51.6 Å².